The number of fused-ring (bicyclic) bond motifs is 1. The largest absolute Gasteiger partial charge is 0.421 e. The van der Waals surface area contributed by atoms with Crippen LogP contribution in [0.3, 0.4) is 0 Å². The summed E-state index contributed by atoms with van der Waals surface area (Å²) in [7, 11) is 0. The van der Waals surface area contributed by atoms with Crippen LogP contribution in [0, 0.1) is 0 Å². The quantitative estimate of drug-likeness (QED) is 0.137. The first kappa shape index (κ1) is 20.8. The molecule has 0 aliphatic heterocycles. The van der Waals surface area contributed by atoms with E-state index >= 15 is 0 Å². The molecule has 0 spiro atoms. The lowest BCUT2D eigenvalue weighted by Crippen LogP contribution is -2.08. The van der Waals surface area contributed by atoms with Crippen LogP contribution in [0.2, 0.25) is 0 Å². The first-order valence-electron chi connectivity index (χ1n) is 9.98. The van der Waals surface area contributed by atoms with Crippen LogP contribution in [-0.2, 0) is 4.79 Å². The Balaban J connectivity index is 1.60. The molecule has 0 bridgehead atoms. The van der Waals surface area contributed by atoms with E-state index < -0.39 is 5.97 Å². The van der Waals surface area contributed by atoms with Crippen LogP contribution < -0.4 is 4.74 Å². The number of benzene rings is 4. The fourth-order valence-electron chi connectivity index (χ4n) is 2.91. The molecule has 0 saturated heterocycles. The minimum absolute atomic E-state index is 0.307. The lowest BCUT2D eigenvalue weighted by Gasteiger charge is -2.09. The second-order valence-corrected chi connectivity index (χ2v) is 7.06. The molecule has 6 nitrogen and oxygen atoms in total. The van der Waals surface area contributed by atoms with Gasteiger partial charge in [0.25, 0.3) is 0 Å². The molecule has 0 aromatic heterocycles. The third kappa shape index (κ3) is 4.99. The van der Waals surface area contributed by atoms with Gasteiger partial charge in [0.1, 0.15) is 5.69 Å². The summed E-state index contributed by atoms with van der Waals surface area (Å²) in [6, 6.07) is 28.0. The van der Waals surface area contributed by atoms with Crippen molar-refractivity contribution in [1.82, 2.24) is 0 Å². The van der Waals surface area contributed by atoms with Crippen molar-refractivity contribution >= 4 is 39.5 Å². The zero-order valence-electron chi connectivity index (χ0n) is 17.5. The summed E-state index contributed by atoms with van der Waals surface area (Å²) < 4.78 is 5.48. The van der Waals surface area contributed by atoms with Crippen LogP contribution in [0.25, 0.3) is 10.8 Å². The predicted octanol–water partition coefficient (Wildman–Crippen LogP) is 8.15. The summed E-state index contributed by atoms with van der Waals surface area (Å²) in [6.07, 6.45) is 0. The molecular formula is C26H20N4O2. The zero-order chi connectivity index (χ0) is 22.3. The van der Waals surface area contributed by atoms with Gasteiger partial charge in [-0.15, -0.1) is 5.11 Å². The molecule has 0 N–H and O–H groups in total. The highest BCUT2D eigenvalue weighted by molar-refractivity contribution is 5.97. The maximum Gasteiger partial charge on any atom is 0.338 e. The van der Waals surface area contributed by atoms with Gasteiger partial charge in [-0.25, -0.2) is 4.79 Å². The van der Waals surface area contributed by atoms with Gasteiger partial charge in [-0.1, -0.05) is 55.1 Å². The van der Waals surface area contributed by atoms with E-state index in [9.17, 15) is 4.79 Å². The molecule has 0 unspecified atom stereocenters. The van der Waals surface area contributed by atoms with Crippen molar-refractivity contribution in [1.29, 1.82) is 0 Å². The number of esters is 1. The standard InChI is InChI=1S/C26H20N4O2/c1-18(2)26(31)32-24-17-12-19-8-6-7-11-23(19)25(24)30-29-22-15-13-21(14-16-22)28-27-20-9-4-3-5-10-20/h3-17H,1H2,2H3. The molecule has 0 atom stereocenters. The van der Waals surface area contributed by atoms with Gasteiger partial charge < -0.3 is 4.74 Å². The fraction of sp³-hybridized carbons (Fsp3) is 0.0385. The summed E-state index contributed by atoms with van der Waals surface area (Å²) in [6.45, 7) is 5.23. The summed E-state index contributed by atoms with van der Waals surface area (Å²) in [5.74, 6) is -0.182. The van der Waals surface area contributed by atoms with Crippen LogP contribution in [0.4, 0.5) is 22.7 Å². The Labute approximate surface area is 185 Å². The molecule has 32 heavy (non-hydrogen) atoms. The first-order chi connectivity index (χ1) is 15.6. The number of hydrogen-bond acceptors (Lipinski definition) is 6. The first-order valence-corrected chi connectivity index (χ1v) is 9.98. The highest BCUT2D eigenvalue weighted by Gasteiger charge is 2.13. The smallest absolute Gasteiger partial charge is 0.338 e. The Kier molecular flexibility index (Phi) is 6.22. The minimum Gasteiger partial charge on any atom is -0.421 e. The van der Waals surface area contributed by atoms with E-state index in [0.717, 1.165) is 16.5 Å². The Morgan fingerprint density at radius 3 is 1.91 bits per heavy atom. The van der Waals surface area contributed by atoms with E-state index in [1.807, 2.05) is 72.8 Å². The third-order valence-electron chi connectivity index (χ3n) is 4.57. The van der Waals surface area contributed by atoms with Gasteiger partial charge in [0.2, 0.25) is 0 Å². The van der Waals surface area contributed by atoms with Gasteiger partial charge in [-0.3, -0.25) is 0 Å². The van der Waals surface area contributed by atoms with Crippen LogP contribution in [-0.4, -0.2) is 5.97 Å². The molecule has 0 heterocycles. The highest BCUT2D eigenvalue weighted by atomic mass is 16.5. The molecule has 0 aliphatic carbocycles. The molecule has 0 fully saturated rings. The van der Waals surface area contributed by atoms with Gasteiger partial charge in [-0.05, 0) is 54.8 Å². The molecule has 4 rings (SSSR count). The second-order valence-electron chi connectivity index (χ2n) is 7.06. The van der Waals surface area contributed by atoms with Crippen molar-refractivity contribution < 1.29 is 9.53 Å². The summed E-state index contributed by atoms with van der Waals surface area (Å²) >= 11 is 0. The van der Waals surface area contributed by atoms with Gasteiger partial charge >= 0.3 is 5.97 Å². The molecule has 0 radical (unpaired) electrons. The molecule has 0 aliphatic rings. The number of azo groups is 2. The topological polar surface area (TPSA) is 75.7 Å². The molecule has 6 heteroatoms. The average molecular weight is 420 g/mol. The van der Waals surface area contributed by atoms with Crippen molar-refractivity contribution in [2.75, 3.05) is 0 Å². The predicted molar refractivity (Wildman–Crippen MR) is 126 cm³/mol. The number of carbonyl (C=O) groups is 1. The Bertz CT molecular complexity index is 1330. The van der Waals surface area contributed by atoms with Gasteiger partial charge in [0, 0.05) is 11.0 Å². The lowest BCUT2D eigenvalue weighted by atomic mass is 10.1. The summed E-state index contributed by atoms with van der Waals surface area (Å²) in [4.78, 5) is 12.1. The van der Waals surface area contributed by atoms with Crippen molar-refractivity contribution in [2.45, 2.75) is 6.92 Å². The van der Waals surface area contributed by atoms with Crippen LogP contribution >= 0.6 is 0 Å². The fourth-order valence-corrected chi connectivity index (χ4v) is 2.91. The Hall–Kier alpha value is -4.45. The van der Waals surface area contributed by atoms with Crippen LogP contribution in [0.15, 0.2) is 124 Å². The van der Waals surface area contributed by atoms with E-state index in [4.69, 9.17) is 4.74 Å². The molecule has 0 saturated carbocycles. The SMILES string of the molecule is C=C(C)C(=O)Oc1ccc2ccccc2c1N=Nc1ccc(N=Nc2ccccc2)cc1. The summed E-state index contributed by atoms with van der Waals surface area (Å²) in [5, 5.41) is 19.0. The summed E-state index contributed by atoms with van der Waals surface area (Å²) in [5.41, 5.74) is 2.90. The minimum atomic E-state index is -0.509. The van der Waals surface area contributed by atoms with E-state index in [-0.39, 0.29) is 0 Å². The zero-order valence-corrected chi connectivity index (χ0v) is 17.5. The monoisotopic (exact) mass is 420 g/mol. The molecule has 0 amide bonds. The number of ether oxygens (including phenoxy) is 1. The van der Waals surface area contributed by atoms with Crippen LogP contribution in [0.5, 0.6) is 5.75 Å². The normalized spacial score (nSPS) is 11.3. The maximum absolute atomic E-state index is 12.1. The molecule has 4 aromatic carbocycles. The van der Waals surface area contributed by atoms with Gasteiger partial charge in [0.05, 0.1) is 17.1 Å². The van der Waals surface area contributed by atoms with Crippen molar-refractivity contribution in [2.24, 2.45) is 20.5 Å². The highest BCUT2D eigenvalue weighted by Crippen LogP contribution is 2.37. The third-order valence-corrected chi connectivity index (χ3v) is 4.57. The Morgan fingerprint density at radius 1 is 0.688 bits per heavy atom. The van der Waals surface area contributed by atoms with E-state index in [1.54, 1.807) is 25.1 Å². The van der Waals surface area contributed by atoms with E-state index in [0.29, 0.717) is 28.4 Å². The second kappa shape index (κ2) is 9.57. The number of hydrogen-bond donors (Lipinski definition) is 0. The maximum atomic E-state index is 12.1. The van der Waals surface area contributed by atoms with Crippen molar-refractivity contribution in [3.8, 4) is 5.75 Å². The number of carbonyl (C=O) groups excluding carboxylic acids is 1. The number of rotatable bonds is 6. The average Bonchev–Trinajstić information content (AvgIpc) is 2.83. The van der Waals surface area contributed by atoms with E-state index in [2.05, 4.69) is 27.0 Å². The van der Waals surface area contributed by atoms with Crippen molar-refractivity contribution in [3.63, 3.8) is 0 Å². The molecule has 4 aromatic rings. The van der Waals surface area contributed by atoms with Gasteiger partial charge in [-0.2, -0.15) is 15.3 Å². The Morgan fingerprint density at radius 2 is 1.25 bits per heavy atom. The van der Waals surface area contributed by atoms with Crippen LogP contribution in [0.1, 0.15) is 6.92 Å². The molecular weight excluding hydrogens is 400 g/mol. The van der Waals surface area contributed by atoms with Gasteiger partial charge in [0.15, 0.2) is 5.75 Å². The number of nitrogens with zero attached hydrogens (tertiary/aromatic N) is 4. The lowest BCUT2D eigenvalue weighted by molar-refractivity contribution is -0.130. The van der Waals surface area contributed by atoms with E-state index in [1.165, 1.54) is 0 Å². The van der Waals surface area contributed by atoms with Crippen molar-refractivity contribution in [3.05, 3.63) is 103 Å². The molecule has 156 valence electrons.